The first-order chi connectivity index (χ1) is 8.70. The minimum absolute atomic E-state index is 0.288. The maximum Gasteiger partial charge on any atom is 0.414 e. The fourth-order valence-corrected chi connectivity index (χ4v) is 1.37. The Balaban J connectivity index is 2.35. The molecule has 0 fully saturated rings. The van der Waals surface area contributed by atoms with E-state index in [-0.39, 0.29) is 6.54 Å². The number of urea groups is 1. The monoisotopic (exact) mass is 280 g/mol. The molecule has 1 aromatic rings. The van der Waals surface area contributed by atoms with Crippen LogP contribution in [0.1, 0.15) is 12.1 Å². The zero-order chi connectivity index (χ0) is 14.6. The molecule has 0 aliphatic rings. The molecule has 3 N–H and O–H groups in total. The van der Waals surface area contributed by atoms with Gasteiger partial charge in [-0.2, -0.15) is 18.3 Å². The summed E-state index contributed by atoms with van der Waals surface area (Å²) in [5.41, 5.74) is 0.699. The molecule has 0 spiro atoms. The van der Waals surface area contributed by atoms with Gasteiger partial charge in [-0.25, -0.2) is 4.79 Å². The average Bonchev–Trinajstić information content (AvgIpc) is 2.55. The number of rotatable bonds is 4. The van der Waals surface area contributed by atoms with E-state index in [1.807, 2.05) is 0 Å². The number of aromatic nitrogens is 2. The predicted molar refractivity (Wildman–Crippen MR) is 61.6 cm³/mol. The Bertz CT molecular complexity index is 444. The first-order valence-electron chi connectivity index (χ1n) is 5.50. The fourth-order valence-electron chi connectivity index (χ4n) is 1.37. The summed E-state index contributed by atoms with van der Waals surface area (Å²) in [5, 5.41) is 17.4. The fraction of sp³-hybridized carbons (Fsp3) is 0.600. The van der Waals surface area contributed by atoms with E-state index in [4.69, 9.17) is 5.11 Å². The topological polar surface area (TPSA) is 79.2 Å². The minimum Gasteiger partial charge on any atom is -0.384 e. The molecule has 0 aliphatic heterocycles. The lowest BCUT2D eigenvalue weighted by molar-refractivity contribution is -0.204. The molecule has 1 unspecified atom stereocenters. The summed E-state index contributed by atoms with van der Waals surface area (Å²) in [4.78, 5) is 11.4. The normalized spacial score (nSPS) is 13.2. The number of amides is 2. The highest BCUT2D eigenvalue weighted by atomic mass is 19.4. The Morgan fingerprint density at radius 2 is 2.21 bits per heavy atom. The lowest BCUT2D eigenvalue weighted by atomic mass is 10.2. The number of halogens is 3. The van der Waals surface area contributed by atoms with Crippen molar-refractivity contribution in [1.29, 1.82) is 0 Å². The van der Waals surface area contributed by atoms with Gasteiger partial charge >= 0.3 is 12.2 Å². The number of hydrogen-bond donors (Lipinski definition) is 3. The second-order valence-electron chi connectivity index (χ2n) is 4.02. The molecule has 0 aromatic carbocycles. The van der Waals surface area contributed by atoms with Crippen molar-refractivity contribution in [2.45, 2.75) is 25.6 Å². The van der Waals surface area contributed by atoms with Crippen LogP contribution in [0.2, 0.25) is 0 Å². The standard InChI is InChI=1S/C10H15F3N4O2/c1-6-5-8(17(2)16-6)15-9(19)14-4-3-7(18)10(11,12)13/h5,7,18H,3-4H2,1-2H3,(H2,14,15,19). The third-order valence-electron chi connectivity index (χ3n) is 2.32. The van der Waals surface area contributed by atoms with Crippen LogP contribution >= 0.6 is 0 Å². The van der Waals surface area contributed by atoms with Crippen LogP contribution in [0.15, 0.2) is 6.07 Å². The zero-order valence-electron chi connectivity index (χ0n) is 10.5. The Morgan fingerprint density at radius 3 is 2.68 bits per heavy atom. The number of aryl methyl sites for hydroxylation is 2. The third kappa shape index (κ3) is 4.78. The van der Waals surface area contributed by atoms with Crippen molar-refractivity contribution < 1.29 is 23.1 Å². The highest BCUT2D eigenvalue weighted by Gasteiger charge is 2.37. The molecule has 0 saturated heterocycles. The minimum atomic E-state index is -4.67. The van der Waals surface area contributed by atoms with Crippen molar-refractivity contribution in [3.63, 3.8) is 0 Å². The van der Waals surface area contributed by atoms with Crippen LogP contribution < -0.4 is 10.6 Å². The number of hydrogen-bond acceptors (Lipinski definition) is 3. The van der Waals surface area contributed by atoms with Crippen LogP contribution in [0.3, 0.4) is 0 Å². The second-order valence-corrected chi connectivity index (χ2v) is 4.02. The van der Waals surface area contributed by atoms with E-state index in [9.17, 15) is 18.0 Å². The smallest absolute Gasteiger partial charge is 0.384 e. The first kappa shape index (κ1) is 15.3. The SMILES string of the molecule is Cc1cc(NC(=O)NCCC(O)C(F)(F)F)n(C)n1. The molecule has 1 heterocycles. The Kier molecular flexibility index (Phi) is 4.76. The number of carbonyl (C=O) groups is 1. The van der Waals surface area contributed by atoms with Gasteiger partial charge in [0.2, 0.25) is 0 Å². The van der Waals surface area contributed by atoms with Crippen LogP contribution in [0.4, 0.5) is 23.8 Å². The second kappa shape index (κ2) is 5.91. The zero-order valence-corrected chi connectivity index (χ0v) is 10.5. The van der Waals surface area contributed by atoms with Crippen molar-refractivity contribution in [2.75, 3.05) is 11.9 Å². The molecule has 1 rings (SSSR count). The predicted octanol–water partition coefficient (Wildman–Crippen LogP) is 1.16. The summed E-state index contributed by atoms with van der Waals surface area (Å²) in [6, 6.07) is 0.960. The molecule has 1 atom stereocenters. The third-order valence-corrected chi connectivity index (χ3v) is 2.32. The summed E-state index contributed by atoms with van der Waals surface area (Å²) in [5.74, 6) is 0.423. The summed E-state index contributed by atoms with van der Waals surface area (Å²) >= 11 is 0. The number of aliphatic hydroxyl groups is 1. The van der Waals surface area contributed by atoms with Gasteiger partial charge in [-0.05, 0) is 13.3 Å². The summed E-state index contributed by atoms with van der Waals surface area (Å²) in [6.07, 6.45) is -7.70. The van der Waals surface area contributed by atoms with Crippen molar-refractivity contribution in [1.82, 2.24) is 15.1 Å². The summed E-state index contributed by atoms with van der Waals surface area (Å²) in [7, 11) is 1.62. The van der Waals surface area contributed by atoms with Crippen LogP contribution in [0.25, 0.3) is 0 Å². The van der Waals surface area contributed by atoms with Crippen molar-refractivity contribution in [2.24, 2.45) is 7.05 Å². The summed E-state index contributed by atoms with van der Waals surface area (Å²) < 4.78 is 37.4. The van der Waals surface area contributed by atoms with E-state index in [1.165, 1.54) is 4.68 Å². The molecular formula is C10H15F3N4O2. The van der Waals surface area contributed by atoms with E-state index in [0.29, 0.717) is 11.5 Å². The largest absolute Gasteiger partial charge is 0.414 e. The van der Waals surface area contributed by atoms with Gasteiger partial charge in [-0.3, -0.25) is 10.00 Å². The number of nitrogens with one attached hydrogen (secondary N) is 2. The molecule has 2 amide bonds. The first-order valence-corrected chi connectivity index (χ1v) is 5.50. The van der Waals surface area contributed by atoms with Gasteiger partial charge in [0.1, 0.15) is 5.82 Å². The van der Waals surface area contributed by atoms with Gasteiger partial charge in [0, 0.05) is 19.7 Å². The van der Waals surface area contributed by atoms with Gasteiger partial charge in [0.05, 0.1) is 5.69 Å². The molecule has 0 radical (unpaired) electrons. The molecule has 0 aliphatic carbocycles. The van der Waals surface area contributed by atoms with Crippen LogP contribution in [-0.4, -0.2) is 39.7 Å². The van der Waals surface area contributed by atoms with Gasteiger partial charge in [-0.15, -0.1) is 0 Å². The maximum atomic E-state index is 12.0. The number of nitrogens with zero attached hydrogens (tertiary/aromatic N) is 2. The van der Waals surface area contributed by atoms with Crippen LogP contribution in [0, 0.1) is 6.92 Å². The Hall–Kier alpha value is -1.77. The van der Waals surface area contributed by atoms with E-state index in [0.717, 1.165) is 0 Å². The van der Waals surface area contributed by atoms with Gasteiger partial charge < -0.3 is 10.4 Å². The summed E-state index contributed by atoms with van der Waals surface area (Å²) in [6.45, 7) is 1.45. The number of anilines is 1. The van der Waals surface area contributed by atoms with Gasteiger partial charge in [0.25, 0.3) is 0 Å². The lowest BCUT2D eigenvalue weighted by Crippen LogP contribution is -2.36. The highest BCUT2D eigenvalue weighted by molar-refractivity contribution is 5.88. The molecule has 9 heteroatoms. The molecular weight excluding hydrogens is 265 g/mol. The molecule has 108 valence electrons. The number of aliphatic hydroxyl groups excluding tert-OH is 1. The average molecular weight is 280 g/mol. The van der Waals surface area contributed by atoms with Gasteiger partial charge in [-0.1, -0.05) is 0 Å². The van der Waals surface area contributed by atoms with Crippen LogP contribution in [-0.2, 0) is 7.05 Å². The van der Waals surface area contributed by atoms with E-state index < -0.39 is 24.7 Å². The highest BCUT2D eigenvalue weighted by Crippen LogP contribution is 2.21. The van der Waals surface area contributed by atoms with E-state index >= 15 is 0 Å². The van der Waals surface area contributed by atoms with Gasteiger partial charge in [0.15, 0.2) is 6.10 Å². The van der Waals surface area contributed by atoms with E-state index in [1.54, 1.807) is 20.0 Å². The molecule has 0 bridgehead atoms. The molecule has 6 nitrogen and oxygen atoms in total. The van der Waals surface area contributed by atoms with Crippen molar-refractivity contribution in [3.8, 4) is 0 Å². The maximum absolute atomic E-state index is 12.0. The van der Waals surface area contributed by atoms with Crippen LogP contribution in [0.5, 0.6) is 0 Å². The Labute approximate surface area is 107 Å². The van der Waals surface area contributed by atoms with E-state index in [2.05, 4.69) is 15.7 Å². The van der Waals surface area contributed by atoms with Crippen molar-refractivity contribution >= 4 is 11.8 Å². The Morgan fingerprint density at radius 1 is 1.58 bits per heavy atom. The lowest BCUT2D eigenvalue weighted by Gasteiger charge is -2.14. The number of alkyl halides is 3. The quantitative estimate of drug-likeness (QED) is 0.774. The number of carbonyl (C=O) groups excluding carboxylic acids is 1. The van der Waals surface area contributed by atoms with Crippen molar-refractivity contribution in [3.05, 3.63) is 11.8 Å². The molecule has 19 heavy (non-hydrogen) atoms. The molecule has 0 saturated carbocycles. The molecule has 1 aromatic heterocycles.